The summed E-state index contributed by atoms with van der Waals surface area (Å²) in [7, 11) is -3.16. The van der Waals surface area contributed by atoms with E-state index >= 15 is 0 Å². The molecule has 2 fully saturated rings. The lowest BCUT2D eigenvalue weighted by atomic mass is 10.0. The van der Waals surface area contributed by atoms with E-state index in [9.17, 15) is 13.2 Å². The SMILES string of the molecule is Cc1cc(C)cc(N2C(=O)CN(CCCc3ccccc3)[C@H]3CS(=O)(=O)C[C@H]32)c1. The molecule has 0 N–H and O–H groups in total. The van der Waals surface area contributed by atoms with Crippen molar-refractivity contribution in [1.82, 2.24) is 4.90 Å². The van der Waals surface area contributed by atoms with Crippen LogP contribution in [0, 0.1) is 13.8 Å². The highest BCUT2D eigenvalue weighted by Gasteiger charge is 2.49. The quantitative estimate of drug-likeness (QED) is 0.758. The first-order valence-electron chi connectivity index (χ1n) is 10.2. The molecular weight excluding hydrogens is 384 g/mol. The van der Waals surface area contributed by atoms with Gasteiger partial charge in [0, 0.05) is 11.7 Å². The zero-order valence-corrected chi connectivity index (χ0v) is 17.9. The lowest BCUT2D eigenvalue weighted by Crippen LogP contribution is -2.62. The molecule has 4 rings (SSSR count). The van der Waals surface area contributed by atoms with E-state index in [0.717, 1.165) is 36.2 Å². The second-order valence-corrected chi connectivity index (χ2v) is 10.5. The van der Waals surface area contributed by atoms with Crippen LogP contribution in [0.15, 0.2) is 48.5 Å². The fourth-order valence-corrected chi connectivity index (χ4v) is 6.74. The van der Waals surface area contributed by atoms with Crippen LogP contribution in [0.3, 0.4) is 0 Å². The highest BCUT2D eigenvalue weighted by atomic mass is 32.2. The molecule has 2 aliphatic rings. The van der Waals surface area contributed by atoms with Gasteiger partial charge in [0.2, 0.25) is 5.91 Å². The molecule has 2 aliphatic heterocycles. The van der Waals surface area contributed by atoms with Crippen molar-refractivity contribution >= 4 is 21.4 Å². The van der Waals surface area contributed by atoms with Crippen LogP contribution in [0.4, 0.5) is 5.69 Å². The number of rotatable bonds is 5. The summed E-state index contributed by atoms with van der Waals surface area (Å²) in [6.45, 7) is 5.02. The summed E-state index contributed by atoms with van der Waals surface area (Å²) in [5.74, 6) is 0.177. The molecule has 154 valence electrons. The van der Waals surface area contributed by atoms with Gasteiger partial charge < -0.3 is 4.90 Å². The topological polar surface area (TPSA) is 57.7 Å². The average Bonchev–Trinajstić information content (AvgIpc) is 2.96. The van der Waals surface area contributed by atoms with Gasteiger partial charge in [0.05, 0.1) is 24.1 Å². The molecule has 0 saturated carbocycles. The zero-order valence-electron chi connectivity index (χ0n) is 17.0. The summed E-state index contributed by atoms with van der Waals surface area (Å²) in [6.07, 6.45) is 1.83. The van der Waals surface area contributed by atoms with Crippen LogP contribution in [-0.4, -0.2) is 55.9 Å². The minimum atomic E-state index is -3.16. The number of hydrogen-bond donors (Lipinski definition) is 0. The molecule has 0 spiro atoms. The van der Waals surface area contributed by atoms with Gasteiger partial charge in [-0.15, -0.1) is 0 Å². The van der Waals surface area contributed by atoms with E-state index in [-0.39, 0.29) is 36.0 Å². The predicted octanol–water partition coefficient (Wildman–Crippen LogP) is 2.75. The molecule has 2 heterocycles. The molecule has 0 aromatic heterocycles. The molecule has 2 aromatic carbocycles. The normalized spacial score (nSPS) is 23.9. The van der Waals surface area contributed by atoms with Crippen LogP contribution >= 0.6 is 0 Å². The Morgan fingerprint density at radius 2 is 1.62 bits per heavy atom. The van der Waals surface area contributed by atoms with Crippen molar-refractivity contribution < 1.29 is 13.2 Å². The third-order valence-electron chi connectivity index (χ3n) is 5.94. The summed E-state index contributed by atoms with van der Waals surface area (Å²) < 4.78 is 25.0. The molecule has 0 aliphatic carbocycles. The van der Waals surface area contributed by atoms with Crippen LogP contribution in [-0.2, 0) is 21.1 Å². The van der Waals surface area contributed by atoms with E-state index < -0.39 is 9.84 Å². The monoisotopic (exact) mass is 412 g/mol. The van der Waals surface area contributed by atoms with Gasteiger partial charge in [0.15, 0.2) is 9.84 Å². The van der Waals surface area contributed by atoms with E-state index in [4.69, 9.17) is 0 Å². The summed E-state index contributed by atoms with van der Waals surface area (Å²) >= 11 is 0. The summed E-state index contributed by atoms with van der Waals surface area (Å²) in [5, 5.41) is 0. The summed E-state index contributed by atoms with van der Waals surface area (Å²) in [4.78, 5) is 17.0. The molecule has 0 unspecified atom stereocenters. The van der Waals surface area contributed by atoms with Crippen molar-refractivity contribution in [3.8, 4) is 0 Å². The molecule has 2 atom stereocenters. The Morgan fingerprint density at radius 3 is 2.31 bits per heavy atom. The lowest BCUT2D eigenvalue weighted by Gasteiger charge is -2.43. The first-order chi connectivity index (χ1) is 13.8. The maximum atomic E-state index is 13.1. The lowest BCUT2D eigenvalue weighted by molar-refractivity contribution is -0.123. The molecule has 6 heteroatoms. The standard InChI is InChI=1S/C23H28N2O3S/c1-17-11-18(2)13-20(12-17)25-22-16-29(27,28)15-21(22)24(14-23(25)26)10-6-9-19-7-4-3-5-8-19/h3-5,7-8,11-13,21-22H,6,9-10,14-16H2,1-2H3/t21-,22+/m0/s1. The Balaban J connectivity index is 1.55. The number of hydrogen-bond acceptors (Lipinski definition) is 4. The number of sulfone groups is 1. The average molecular weight is 413 g/mol. The zero-order chi connectivity index (χ0) is 20.6. The van der Waals surface area contributed by atoms with E-state index in [1.807, 2.05) is 44.2 Å². The largest absolute Gasteiger partial charge is 0.306 e. The van der Waals surface area contributed by atoms with Crippen molar-refractivity contribution in [2.45, 2.75) is 38.8 Å². The Morgan fingerprint density at radius 1 is 0.966 bits per heavy atom. The van der Waals surface area contributed by atoms with Crippen molar-refractivity contribution in [2.75, 3.05) is 29.5 Å². The first-order valence-corrected chi connectivity index (χ1v) is 12.0. The molecule has 2 aromatic rings. The van der Waals surface area contributed by atoms with Crippen LogP contribution in [0.2, 0.25) is 0 Å². The smallest absolute Gasteiger partial charge is 0.241 e. The maximum Gasteiger partial charge on any atom is 0.241 e. The summed E-state index contributed by atoms with van der Waals surface area (Å²) in [5.41, 5.74) is 4.25. The van der Waals surface area contributed by atoms with E-state index in [2.05, 4.69) is 23.1 Å². The second kappa shape index (κ2) is 7.92. The fourth-order valence-electron chi connectivity index (χ4n) is 4.76. The van der Waals surface area contributed by atoms with E-state index in [1.165, 1.54) is 5.56 Å². The Hall–Kier alpha value is -2.18. The number of anilines is 1. The van der Waals surface area contributed by atoms with E-state index in [1.54, 1.807) is 4.90 Å². The number of piperazine rings is 1. The first kappa shape index (κ1) is 20.1. The highest BCUT2D eigenvalue weighted by molar-refractivity contribution is 7.91. The number of aryl methyl sites for hydroxylation is 3. The number of amides is 1. The molecular formula is C23H28N2O3S. The minimum absolute atomic E-state index is 0.00642. The molecule has 5 nitrogen and oxygen atoms in total. The third-order valence-corrected chi connectivity index (χ3v) is 7.64. The van der Waals surface area contributed by atoms with Crippen molar-refractivity contribution in [1.29, 1.82) is 0 Å². The number of carbonyl (C=O) groups is 1. The minimum Gasteiger partial charge on any atom is -0.306 e. The predicted molar refractivity (Wildman–Crippen MR) is 116 cm³/mol. The van der Waals surface area contributed by atoms with Gasteiger partial charge in [-0.2, -0.15) is 0 Å². The van der Waals surface area contributed by atoms with Crippen LogP contribution in [0.5, 0.6) is 0 Å². The van der Waals surface area contributed by atoms with Crippen LogP contribution in [0.25, 0.3) is 0 Å². The van der Waals surface area contributed by atoms with Gasteiger partial charge in [-0.3, -0.25) is 9.69 Å². The maximum absolute atomic E-state index is 13.1. The fraction of sp³-hybridized carbons (Fsp3) is 0.435. The molecule has 29 heavy (non-hydrogen) atoms. The van der Waals surface area contributed by atoms with Gasteiger partial charge in [0.25, 0.3) is 0 Å². The third kappa shape index (κ3) is 4.38. The Kier molecular flexibility index (Phi) is 5.49. The molecule has 1 amide bonds. The molecule has 0 bridgehead atoms. The van der Waals surface area contributed by atoms with Crippen molar-refractivity contribution in [3.63, 3.8) is 0 Å². The summed E-state index contributed by atoms with van der Waals surface area (Å²) in [6, 6.07) is 15.9. The molecule has 2 saturated heterocycles. The number of fused-ring (bicyclic) bond motifs is 1. The number of carbonyl (C=O) groups excluding carboxylic acids is 1. The van der Waals surface area contributed by atoms with Gasteiger partial charge >= 0.3 is 0 Å². The van der Waals surface area contributed by atoms with Gasteiger partial charge in [-0.05, 0) is 62.1 Å². The van der Waals surface area contributed by atoms with E-state index in [0.29, 0.717) is 0 Å². The second-order valence-electron chi connectivity index (χ2n) is 8.38. The van der Waals surface area contributed by atoms with Gasteiger partial charge in [0.1, 0.15) is 0 Å². The van der Waals surface area contributed by atoms with Gasteiger partial charge in [-0.25, -0.2) is 8.42 Å². The highest BCUT2D eigenvalue weighted by Crippen LogP contribution is 2.32. The Labute approximate surface area is 173 Å². The van der Waals surface area contributed by atoms with Crippen molar-refractivity contribution in [2.24, 2.45) is 0 Å². The number of benzene rings is 2. The Bertz CT molecular complexity index is 984. The number of nitrogens with zero attached hydrogens (tertiary/aromatic N) is 2. The van der Waals surface area contributed by atoms with Crippen molar-refractivity contribution in [3.05, 3.63) is 65.2 Å². The molecule has 0 radical (unpaired) electrons. The van der Waals surface area contributed by atoms with Gasteiger partial charge in [-0.1, -0.05) is 36.4 Å². The van der Waals surface area contributed by atoms with Crippen LogP contribution in [0.1, 0.15) is 23.1 Å². The van der Waals surface area contributed by atoms with Crippen LogP contribution < -0.4 is 4.90 Å².